The van der Waals surface area contributed by atoms with E-state index in [9.17, 15) is 5.11 Å². The number of rotatable bonds is 0. The average molecular weight is 177 g/mol. The van der Waals surface area contributed by atoms with Gasteiger partial charge in [-0.2, -0.15) is 0 Å². The molecule has 0 saturated heterocycles. The normalized spacial score (nSPS) is 16.3. The molecule has 0 radical (unpaired) electrons. The second-order valence-electron chi connectivity index (χ2n) is 3.74. The molecule has 2 rings (SSSR count). The zero-order valence-electron chi connectivity index (χ0n) is 7.71. The Morgan fingerprint density at radius 2 is 1.62 bits per heavy atom. The van der Waals surface area contributed by atoms with Crippen LogP contribution in [-0.4, -0.2) is 5.11 Å². The molecule has 0 saturated carbocycles. The molecule has 1 aromatic rings. The Kier molecular flexibility index (Phi) is 2.13. The predicted octanol–water partition coefficient (Wildman–Crippen LogP) is 2.24. The fraction of sp³-hybridized carbons (Fsp3) is 0.455. The number of hydrogen-bond acceptors (Lipinski definition) is 2. The third kappa shape index (κ3) is 1.62. The molecule has 0 heterocycles. The van der Waals surface area contributed by atoms with E-state index in [1.807, 2.05) is 12.1 Å². The lowest BCUT2D eigenvalue weighted by molar-refractivity contribution is 0.477. The van der Waals surface area contributed by atoms with E-state index in [1.165, 1.54) is 30.4 Å². The van der Waals surface area contributed by atoms with Gasteiger partial charge in [0.2, 0.25) is 0 Å². The standard InChI is InChI=1S/C11H15NO/c12-10-6-8-4-2-1-3-5-9(8)7-11(10)13/h6-7,13H,1-5,12H2. The van der Waals surface area contributed by atoms with Crippen molar-refractivity contribution in [2.24, 2.45) is 0 Å². The Bertz CT molecular complexity index is 289. The zero-order valence-corrected chi connectivity index (χ0v) is 7.71. The topological polar surface area (TPSA) is 46.2 Å². The van der Waals surface area contributed by atoms with E-state index in [0.717, 1.165) is 12.8 Å². The monoisotopic (exact) mass is 177 g/mol. The van der Waals surface area contributed by atoms with E-state index in [0.29, 0.717) is 5.69 Å². The van der Waals surface area contributed by atoms with Gasteiger partial charge in [0.05, 0.1) is 5.69 Å². The van der Waals surface area contributed by atoms with E-state index in [1.54, 1.807) is 0 Å². The Balaban J connectivity index is 2.43. The summed E-state index contributed by atoms with van der Waals surface area (Å²) in [7, 11) is 0. The van der Waals surface area contributed by atoms with Gasteiger partial charge in [0, 0.05) is 0 Å². The van der Waals surface area contributed by atoms with Crippen LogP contribution in [0.15, 0.2) is 12.1 Å². The molecule has 2 nitrogen and oxygen atoms in total. The summed E-state index contributed by atoms with van der Waals surface area (Å²) >= 11 is 0. The van der Waals surface area contributed by atoms with Gasteiger partial charge in [0.15, 0.2) is 0 Å². The average Bonchev–Trinajstić information content (AvgIpc) is 2.31. The second kappa shape index (κ2) is 3.29. The van der Waals surface area contributed by atoms with Crippen LogP contribution in [0.2, 0.25) is 0 Å². The van der Waals surface area contributed by atoms with E-state index < -0.39 is 0 Å². The Morgan fingerprint density at radius 1 is 1.00 bits per heavy atom. The number of hydrogen-bond donors (Lipinski definition) is 2. The summed E-state index contributed by atoms with van der Waals surface area (Å²) in [5.41, 5.74) is 8.77. The molecule has 2 heteroatoms. The summed E-state index contributed by atoms with van der Waals surface area (Å²) in [5, 5.41) is 9.44. The van der Waals surface area contributed by atoms with Gasteiger partial charge < -0.3 is 10.8 Å². The molecular formula is C11H15NO. The van der Waals surface area contributed by atoms with Crippen LogP contribution in [-0.2, 0) is 12.8 Å². The van der Waals surface area contributed by atoms with Crippen molar-refractivity contribution in [2.75, 3.05) is 5.73 Å². The van der Waals surface area contributed by atoms with Gasteiger partial charge in [-0.1, -0.05) is 6.42 Å². The summed E-state index contributed by atoms with van der Waals surface area (Å²) in [5.74, 6) is 0.237. The first-order chi connectivity index (χ1) is 6.27. The van der Waals surface area contributed by atoms with E-state index in [4.69, 9.17) is 5.73 Å². The predicted molar refractivity (Wildman–Crippen MR) is 53.8 cm³/mol. The van der Waals surface area contributed by atoms with E-state index >= 15 is 0 Å². The molecule has 13 heavy (non-hydrogen) atoms. The summed E-state index contributed by atoms with van der Waals surface area (Å²) in [6, 6.07) is 3.76. The number of phenols is 1. The Labute approximate surface area is 78.4 Å². The van der Waals surface area contributed by atoms with Crippen LogP contribution in [0.4, 0.5) is 5.69 Å². The Hall–Kier alpha value is -1.18. The van der Waals surface area contributed by atoms with Crippen molar-refractivity contribution < 1.29 is 5.11 Å². The van der Waals surface area contributed by atoms with Gasteiger partial charge >= 0.3 is 0 Å². The summed E-state index contributed by atoms with van der Waals surface area (Å²) in [4.78, 5) is 0. The van der Waals surface area contributed by atoms with Crippen molar-refractivity contribution >= 4 is 5.69 Å². The highest BCUT2D eigenvalue weighted by Crippen LogP contribution is 2.28. The number of phenolic OH excluding ortho intramolecular Hbond substituents is 1. The van der Waals surface area contributed by atoms with E-state index in [-0.39, 0.29) is 5.75 Å². The molecular weight excluding hydrogens is 162 g/mol. The molecule has 0 atom stereocenters. The van der Waals surface area contributed by atoms with Gasteiger partial charge in [-0.25, -0.2) is 0 Å². The lowest BCUT2D eigenvalue weighted by Gasteiger charge is -2.07. The minimum Gasteiger partial charge on any atom is -0.506 e. The number of fused-ring (bicyclic) bond motifs is 1. The summed E-state index contributed by atoms with van der Waals surface area (Å²) in [6.07, 6.45) is 5.96. The highest BCUT2D eigenvalue weighted by molar-refractivity contribution is 5.56. The molecule has 0 unspecified atom stereocenters. The maximum absolute atomic E-state index is 9.44. The third-order valence-electron chi connectivity index (χ3n) is 2.74. The van der Waals surface area contributed by atoms with Crippen LogP contribution < -0.4 is 5.73 Å². The molecule has 1 aliphatic rings. The largest absolute Gasteiger partial charge is 0.506 e. The van der Waals surface area contributed by atoms with Crippen molar-refractivity contribution in [1.29, 1.82) is 0 Å². The minimum atomic E-state index is 0.237. The molecule has 0 bridgehead atoms. The van der Waals surface area contributed by atoms with Crippen LogP contribution in [0.1, 0.15) is 30.4 Å². The smallest absolute Gasteiger partial charge is 0.138 e. The number of nitrogen functional groups attached to an aromatic ring is 1. The fourth-order valence-electron chi connectivity index (χ4n) is 1.97. The Morgan fingerprint density at radius 3 is 2.31 bits per heavy atom. The van der Waals surface area contributed by atoms with Crippen molar-refractivity contribution in [3.8, 4) is 5.75 Å². The lowest BCUT2D eigenvalue weighted by Crippen LogP contribution is -1.94. The quantitative estimate of drug-likeness (QED) is 0.362. The van der Waals surface area contributed by atoms with Crippen molar-refractivity contribution in [2.45, 2.75) is 32.1 Å². The number of aromatic hydroxyl groups is 1. The first-order valence-corrected chi connectivity index (χ1v) is 4.87. The molecule has 0 fully saturated rings. The third-order valence-corrected chi connectivity index (χ3v) is 2.74. The van der Waals surface area contributed by atoms with Crippen LogP contribution >= 0.6 is 0 Å². The number of aryl methyl sites for hydroxylation is 2. The number of anilines is 1. The van der Waals surface area contributed by atoms with Crippen LogP contribution in [0, 0.1) is 0 Å². The van der Waals surface area contributed by atoms with Gasteiger partial charge in [0.1, 0.15) is 5.75 Å². The minimum absolute atomic E-state index is 0.237. The van der Waals surface area contributed by atoms with E-state index in [2.05, 4.69) is 0 Å². The molecule has 0 aliphatic heterocycles. The molecule has 0 aromatic heterocycles. The number of benzene rings is 1. The first-order valence-electron chi connectivity index (χ1n) is 4.87. The van der Waals surface area contributed by atoms with Crippen molar-refractivity contribution in [3.05, 3.63) is 23.3 Å². The van der Waals surface area contributed by atoms with Crippen LogP contribution in [0.5, 0.6) is 5.75 Å². The summed E-state index contributed by atoms with van der Waals surface area (Å²) in [6.45, 7) is 0. The molecule has 70 valence electrons. The lowest BCUT2D eigenvalue weighted by atomic mass is 10.0. The highest BCUT2D eigenvalue weighted by atomic mass is 16.3. The first kappa shape index (κ1) is 8.42. The van der Waals surface area contributed by atoms with Crippen LogP contribution in [0.25, 0.3) is 0 Å². The maximum Gasteiger partial charge on any atom is 0.138 e. The number of nitrogens with two attached hydrogens (primary N) is 1. The maximum atomic E-state index is 9.44. The van der Waals surface area contributed by atoms with Gasteiger partial charge in [-0.05, 0) is 48.9 Å². The molecule has 0 amide bonds. The van der Waals surface area contributed by atoms with Crippen molar-refractivity contribution in [1.82, 2.24) is 0 Å². The summed E-state index contributed by atoms with van der Waals surface area (Å²) < 4.78 is 0. The molecule has 3 N–H and O–H groups in total. The second-order valence-corrected chi connectivity index (χ2v) is 3.74. The zero-order chi connectivity index (χ0) is 9.26. The molecule has 1 aliphatic carbocycles. The van der Waals surface area contributed by atoms with Gasteiger partial charge in [-0.3, -0.25) is 0 Å². The van der Waals surface area contributed by atoms with Gasteiger partial charge in [0.25, 0.3) is 0 Å². The molecule has 0 spiro atoms. The SMILES string of the molecule is Nc1cc2c(cc1O)CCCCC2. The highest BCUT2D eigenvalue weighted by Gasteiger charge is 2.10. The van der Waals surface area contributed by atoms with Gasteiger partial charge in [-0.15, -0.1) is 0 Å². The fourth-order valence-corrected chi connectivity index (χ4v) is 1.97. The molecule has 1 aromatic carbocycles. The van der Waals surface area contributed by atoms with Crippen LogP contribution in [0.3, 0.4) is 0 Å². The van der Waals surface area contributed by atoms with Crippen molar-refractivity contribution in [3.63, 3.8) is 0 Å².